The number of carbonyl (C=O) groups excluding carboxylic acids is 2. The summed E-state index contributed by atoms with van der Waals surface area (Å²) in [6.07, 6.45) is -0.0208. The summed E-state index contributed by atoms with van der Waals surface area (Å²) in [7, 11) is 0. The normalized spacial score (nSPS) is 18.5. The predicted molar refractivity (Wildman–Crippen MR) is 145 cm³/mol. The SMILES string of the molecule is Cc1ccc([C@@H]2C3=C(C[C@H](c4cccc([N+](=O)[O-])c4)CC3=O)Nc3ccccc3N2C(=O)CCC(=O)O)cc1. The number of hydrogen-bond donors (Lipinski definition) is 2. The van der Waals surface area contributed by atoms with E-state index in [4.69, 9.17) is 0 Å². The van der Waals surface area contributed by atoms with Crippen LogP contribution < -0.4 is 10.2 Å². The summed E-state index contributed by atoms with van der Waals surface area (Å²) in [4.78, 5) is 51.4. The first-order chi connectivity index (χ1) is 18.7. The van der Waals surface area contributed by atoms with E-state index in [2.05, 4.69) is 5.32 Å². The third-order valence-corrected chi connectivity index (χ3v) is 7.26. The summed E-state index contributed by atoms with van der Waals surface area (Å²) in [6.45, 7) is 1.95. The molecule has 198 valence electrons. The Balaban J connectivity index is 1.66. The molecule has 0 aromatic heterocycles. The first-order valence-corrected chi connectivity index (χ1v) is 12.7. The Bertz CT molecular complexity index is 1510. The van der Waals surface area contributed by atoms with Gasteiger partial charge in [-0.15, -0.1) is 0 Å². The maximum atomic E-state index is 14.0. The first kappa shape index (κ1) is 25.8. The lowest BCUT2D eigenvalue weighted by Crippen LogP contribution is -2.38. The van der Waals surface area contributed by atoms with E-state index < -0.39 is 22.8 Å². The molecule has 0 saturated carbocycles. The topological polar surface area (TPSA) is 130 Å². The summed E-state index contributed by atoms with van der Waals surface area (Å²) in [5.74, 6) is -1.94. The molecule has 0 unspecified atom stereocenters. The number of aryl methyl sites for hydroxylation is 1. The van der Waals surface area contributed by atoms with Crippen LogP contribution in [-0.4, -0.2) is 27.7 Å². The van der Waals surface area contributed by atoms with E-state index in [0.29, 0.717) is 34.6 Å². The molecule has 0 bridgehead atoms. The number of rotatable bonds is 6. The Morgan fingerprint density at radius 2 is 1.74 bits per heavy atom. The second kappa shape index (κ2) is 10.5. The number of anilines is 2. The van der Waals surface area contributed by atoms with Gasteiger partial charge in [0.1, 0.15) is 0 Å². The molecular formula is C30H27N3O6. The number of nitrogens with zero attached hydrogens (tertiary/aromatic N) is 2. The number of carboxylic acids is 1. The van der Waals surface area contributed by atoms with E-state index in [0.717, 1.165) is 11.1 Å². The largest absolute Gasteiger partial charge is 0.481 e. The van der Waals surface area contributed by atoms with E-state index in [1.807, 2.05) is 43.3 Å². The van der Waals surface area contributed by atoms with Gasteiger partial charge in [0.2, 0.25) is 5.91 Å². The van der Waals surface area contributed by atoms with Gasteiger partial charge in [0.15, 0.2) is 5.78 Å². The van der Waals surface area contributed by atoms with Crippen LogP contribution in [0.3, 0.4) is 0 Å². The van der Waals surface area contributed by atoms with Crippen molar-refractivity contribution in [2.45, 2.75) is 44.6 Å². The molecule has 2 atom stereocenters. The number of aliphatic carboxylic acids is 1. The van der Waals surface area contributed by atoms with E-state index in [9.17, 15) is 29.6 Å². The number of amides is 1. The smallest absolute Gasteiger partial charge is 0.303 e. The molecule has 1 amide bonds. The molecule has 2 aliphatic rings. The Hall–Kier alpha value is -4.79. The van der Waals surface area contributed by atoms with Crippen molar-refractivity contribution >= 4 is 34.7 Å². The summed E-state index contributed by atoms with van der Waals surface area (Å²) in [5.41, 5.74) is 4.68. The number of ketones is 1. The van der Waals surface area contributed by atoms with Crippen LogP contribution in [0.2, 0.25) is 0 Å². The van der Waals surface area contributed by atoms with E-state index in [-0.39, 0.29) is 36.7 Å². The molecule has 39 heavy (non-hydrogen) atoms. The zero-order valence-corrected chi connectivity index (χ0v) is 21.3. The van der Waals surface area contributed by atoms with Gasteiger partial charge in [0.05, 0.1) is 28.8 Å². The van der Waals surface area contributed by atoms with Crippen molar-refractivity contribution in [3.05, 3.63) is 111 Å². The number of carboxylic acid groups (broad SMARTS) is 1. The molecule has 9 nitrogen and oxygen atoms in total. The minimum atomic E-state index is -1.08. The zero-order valence-electron chi connectivity index (χ0n) is 21.3. The molecule has 5 rings (SSSR count). The Labute approximate surface area is 224 Å². The number of para-hydroxylation sites is 2. The molecule has 1 aliphatic carbocycles. The number of allylic oxidation sites excluding steroid dienone is 1. The number of benzene rings is 3. The monoisotopic (exact) mass is 525 g/mol. The fourth-order valence-electron chi connectivity index (χ4n) is 5.39. The van der Waals surface area contributed by atoms with Crippen LogP contribution >= 0.6 is 0 Å². The lowest BCUT2D eigenvalue weighted by molar-refractivity contribution is -0.384. The van der Waals surface area contributed by atoms with Crippen molar-refractivity contribution in [1.29, 1.82) is 0 Å². The average molecular weight is 526 g/mol. The summed E-state index contributed by atoms with van der Waals surface area (Å²) < 4.78 is 0. The Kier molecular flexibility index (Phi) is 6.98. The molecule has 9 heteroatoms. The molecule has 0 spiro atoms. The second-order valence-corrected chi connectivity index (χ2v) is 9.89. The molecule has 0 radical (unpaired) electrons. The van der Waals surface area contributed by atoms with Crippen LogP contribution in [0.25, 0.3) is 0 Å². The quantitative estimate of drug-likeness (QED) is 0.313. The number of non-ortho nitro benzene ring substituents is 1. The molecule has 0 fully saturated rings. The lowest BCUT2D eigenvalue weighted by atomic mass is 9.78. The maximum Gasteiger partial charge on any atom is 0.303 e. The molecule has 0 saturated heterocycles. The van der Waals surface area contributed by atoms with E-state index in [1.54, 1.807) is 29.2 Å². The number of nitro benzene ring substituents is 1. The van der Waals surface area contributed by atoms with Gasteiger partial charge < -0.3 is 10.4 Å². The molecule has 1 aliphatic heterocycles. The van der Waals surface area contributed by atoms with Gasteiger partial charge in [-0.05, 0) is 42.5 Å². The van der Waals surface area contributed by atoms with Crippen LogP contribution in [0, 0.1) is 17.0 Å². The van der Waals surface area contributed by atoms with Gasteiger partial charge in [-0.2, -0.15) is 0 Å². The number of carbonyl (C=O) groups is 3. The minimum absolute atomic E-state index is 0.0355. The van der Waals surface area contributed by atoms with Crippen molar-refractivity contribution in [3.63, 3.8) is 0 Å². The highest BCUT2D eigenvalue weighted by Gasteiger charge is 2.41. The number of fused-ring (bicyclic) bond motifs is 1. The Morgan fingerprint density at radius 3 is 2.46 bits per heavy atom. The lowest BCUT2D eigenvalue weighted by Gasteiger charge is -2.35. The fourth-order valence-corrected chi connectivity index (χ4v) is 5.39. The highest BCUT2D eigenvalue weighted by Crippen LogP contribution is 2.47. The van der Waals surface area contributed by atoms with Crippen LogP contribution in [0.1, 0.15) is 54.3 Å². The zero-order chi connectivity index (χ0) is 27.7. The highest BCUT2D eigenvalue weighted by molar-refractivity contribution is 6.06. The molecular weight excluding hydrogens is 498 g/mol. The van der Waals surface area contributed by atoms with E-state index >= 15 is 0 Å². The maximum absolute atomic E-state index is 14.0. The van der Waals surface area contributed by atoms with Gasteiger partial charge in [0, 0.05) is 36.2 Å². The molecule has 1 heterocycles. The molecule has 2 N–H and O–H groups in total. The first-order valence-electron chi connectivity index (χ1n) is 12.7. The molecule has 3 aromatic rings. The highest BCUT2D eigenvalue weighted by atomic mass is 16.6. The van der Waals surface area contributed by atoms with Crippen molar-refractivity contribution in [1.82, 2.24) is 0 Å². The van der Waals surface area contributed by atoms with Gasteiger partial charge in [0.25, 0.3) is 5.69 Å². The summed E-state index contributed by atoms with van der Waals surface area (Å²) in [5, 5.41) is 24.0. The van der Waals surface area contributed by atoms with Crippen molar-refractivity contribution in [2.75, 3.05) is 10.2 Å². The van der Waals surface area contributed by atoms with Crippen molar-refractivity contribution in [2.24, 2.45) is 0 Å². The summed E-state index contributed by atoms with van der Waals surface area (Å²) in [6, 6.07) is 20.4. The van der Waals surface area contributed by atoms with E-state index in [1.165, 1.54) is 12.1 Å². The standard InChI is InChI=1S/C30H27N3O6/c1-18-9-11-19(12-10-18)30-29-24(16-21(17-26(29)34)20-5-4-6-22(15-20)33(38)39)31-23-7-2-3-8-25(23)32(30)27(35)13-14-28(36)37/h2-12,15,21,30-31H,13-14,16-17H2,1H3,(H,36,37)/t21-,30+/m0/s1. The second-order valence-electron chi connectivity index (χ2n) is 9.89. The number of nitrogens with one attached hydrogen (secondary N) is 1. The average Bonchev–Trinajstić information content (AvgIpc) is 3.07. The fraction of sp³-hybridized carbons (Fsp3) is 0.233. The predicted octanol–water partition coefficient (Wildman–Crippen LogP) is 5.67. The van der Waals surface area contributed by atoms with Crippen molar-refractivity contribution in [3.8, 4) is 0 Å². The van der Waals surface area contributed by atoms with Crippen LogP contribution in [0.15, 0.2) is 84.1 Å². The number of hydrogen-bond acceptors (Lipinski definition) is 6. The third kappa shape index (κ3) is 5.16. The van der Waals surface area contributed by atoms with Crippen LogP contribution in [-0.2, 0) is 14.4 Å². The van der Waals surface area contributed by atoms with Crippen LogP contribution in [0.4, 0.5) is 17.1 Å². The number of Topliss-reactive ketones (excluding diaryl/α,β-unsaturated/α-hetero) is 1. The minimum Gasteiger partial charge on any atom is -0.481 e. The van der Waals surface area contributed by atoms with Gasteiger partial charge in [-0.1, -0.05) is 54.1 Å². The third-order valence-electron chi connectivity index (χ3n) is 7.26. The molecule has 3 aromatic carbocycles. The summed E-state index contributed by atoms with van der Waals surface area (Å²) >= 11 is 0. The van der Waals surface area contributed by atoms with Gasteiger partial charge >= 0.3 is 5.97 Å². The van der Waals surface area contributed by atoms with Crippen LogP contribution in [0.5, 0.6) is 0 Å². The van der Waals surface area contributed by atoms with Gasteiger partial charge in [-0.25, -0.2) is 0 Å². The van der Waals surface area contributed by atoms with Gasteiger partial charge in [-0.3, -0.25) is 29.4 Å². The van der Waals surface area contributed by atoms with Crippen molar-refractivity contribution < 1.29 is 24.4 Å². The number of nitro groups is 1. The Morgan fingerprint density at radius 1 is 1.00 bits per heavy atom.